The van der Waals surface area contributed by atoms with Crippen LogP contribution in [-0.4, -0.2) is 34.2 Å². The molecule has 0 aromatic rings. The van der Waals surface area contributed by atoms with Crippen LogP contribution in [0.4, 0.5) is 0 Å². The zero-order valence-electron chi connectivity index (χ0n) is 11.6. The van der Waals surface area contributed by atoms with Gasteiger partial charge in [-0.15, -0.1) is 11.6 Å². The van der Waals surface area contributed by atoms with Gasteiger partial charge in [-0.3, -0.25) is 4.57 Å². The van der Waals surface area contributed by atoms with Crippen LogP contribution in [0.2, 0.25) is 0 Å². The molecule has 0 aliphatic heterocycles. The Hall–Kier alpha value is -0.310. The number of rotatable bonds is 10. The first kappa shape index (κ1) is 18.7. The molecule has 19 heavy (non-hydrogen) atoms. The summed E-state index contributed by atoms with van der Waals surface area (Å²) in [5.74, 6) is -0.416. The second-order valence-corrected chi connectivity index (χ2v) is 7.91. The molecule has 6 heteroatoms. The topological polar surface area (TPSA) is 74.6 Å². The lowest BCUT2D eigenvalue weighted by molar-refractivity contribution is -0.132. The molecule has 0 spiro atoms. The normalized spacial score (nSPS) is 15.5. The molecule has 0 aliphatic rings. The minimum atomic E-state index is -3.39. The minimum Gasteiger partial charge on any atom is -0.478 e. The zero-order chi connectivity index (χ0) is 14.9. The number of halogens is 1. The smallest absolute Gasteiger partial charge is 0.331 e. The van der Waals surface area contributed by atoms with Crippen molar-refractivity contribution >= 4 is 24.9 Å². The van der Waals surface area contributed by atoms with E-state index in [9.17, 15) is 14.3 Å². The molecule has 0 bridgehead atoms. The number of unbranched alkanes of at least 4 members (excludes halogenated alkanes) is 3. The van der Waals surface area contributed by atoms with E-state index in [4.69, 9.17) is 16.7 Å². The second kappa shape index (κ2) is 9.57. The van der Waals surface area contributed by atoms with E-state index in [0.29, 0.717) is 12.3 Å². The maximum Gasteiger partial charge on any atom is 0.331 e. The predicted molar refractivity (Wildman–Crippen MR) is 79.3 cm³/mol. The van der Waals surface area contributed by atoms with Crippen molar-refractivity contribution in [3.63, 3.8) is 0 Å². The average molecular weight is 311 g/mol. The Bertz CT molecular complexity index is 353. The molecule has 0 heterocycles. The van der Waals surface area contributed by atoms with Gasteiger partial charge < -0.3 is 10.00 Å². The Kier molecular flexibility index (Phi) is 9.42. The molecular formula is C13H24ClO4P. The van der Waals surface area contributed by atoms with Gasteiger partial charge in [-0.2, -0.15) is 0 Å². The number of carboxylic acids is 1. The Morgan fingerprint density at radius 1 is 1.32 bits per heavy atom. The number of allylic oxidation sites excluding steroid dienone is 1. The van der Waals surface area contributed by atoms with Gasteiger partial charge in [0.1, 0.15) is 0 Å². The van der Waals surface area contributed by atoms with Crippen molar-refractivity contribution < 1.29 is 19.4 Å². The Labute approximate surface area is 120 Å². The molecule has 112 valence electrons. The third-order valence-electron chi connectivity index (χ3n) is 2.57. The van der Waals surface area contributed by atoms with E-state index in [2.05, 4.69) is 0 Å². The Morgan fingerprint density at radius 2 is 1.95 bits per heavy atom. The van der Waals surface area contributed by atoms with Gasteiger partial charge in [0.15, 0.2) is 0 Å². The molecule has 0 saturated heterocycles. The molecule has 0 aromatic heterocycles. The summed E-state index contributed by atoms with van der Waals surface area (Å²) in [5, 5.41) is 9.05. The van der Waals surface area contributed by atoms with Crippen molar-refractivity contribution in [2.24, 2.45) is 5.92 Å². The summed E-state index contributed by atoms with van der Waals surface area (Å²) < 4.78 is 11.9. The van der Waals surface area contributed by atoms with E-state index in [1.54, 1.807) is 6.08 Å². The summed E-state index contributed by atoms with van der Waals surface area (Å²) in [6.07, 6.45) is 4.79. The highest BCUT2D eigenvalue weighted by Crippen LogP contribution is 2.44. The van der Waals surface area contributed by atoms with Crippen LogP contribution in [-0.2, 0) is 9.36 Å². The molecule has 0 aliphatic carbocycles. The number of carbonyl (C=O) groups is 1. The maximum absolute atomic E-state index is 11.9. The first-order valence-electron chi connectivity index (χ1n) is 6.57. The summed E-state index contributed by atoms with van der Waals surface area (Å²) in [4.78, 5) is 20.8. The van der Waals surface area contributed by atoms with E-state index < -0.39 is 13.3 Å². The summed E-state index contributed by atoms with van der Waals surface area (Å²) >= 11 is 5.55. The molecule has 0 aromatic carbocycles. The Morgan fingerprint density at radius 3 is 2.42 bits per heavy atom. The fourth-order valence-electron chi connectivity index (χ4n) is 1.81. The first-order chi connectivity index (χ1) is 8.78. The molecular weight excluding hydrogens is 287 g/mol. The SMILES string of the molecule is CC(C)CP(=O)(O)CC(=CCCCCCCl)C(=O)O. The number of carboxylic acid groups (broad SMARTS) is 1. The van der Waals surface area contributed by atoms with E-state index in [-0.39, 0.29) is 23.8 Å². The second-order valence-electron chi connectivity index (χ2n) is 5.15. The van der Waals surface area contributed by atoms with E-state index in [0.717, 1.165) is 19.3 Å². The van der Waals surface area contributed by atoms with Crippen LogP contribution < -0.4 is 0 Å². The predicted octanol–water partition coefficient (Wildman–Crippen LogP) is 3.72. The summed E-state index contributed by atoms with van der Waals surface area (Å²) in [5.41, 5.74) is 0.0531. The molecule has 0 saturated carbocycles. The standard InChI is InChI=1S/C13H24ClO4P/c1-11(2)9-19(17,18)10-12(13(15)16)7-5-3-4-6-8-14/h7,11H,3-6,8-10H2,1-2H3,(H,15,16)(H,17,18). The largest absolute Gasteiger partial charge is 0.478 e. The summed E-state index contributed by atoms with van der Waals surface area (Å²) in [7, 11) is -3.39. The summed E-state index contributed by atoms with van der Waals surface area (Å²) in [6.45, 7) is 3.69. The van der Waals surface area contributed by atoms with Crippen molar-refractivity contribution in [1.82, 2.24) is 0 Å². The third kappa shape index (κ3) is 10.2. The van der Waals surface area contributed by atoms with E-state index in [1.165, 1.54) is 0 Å². The van der Waals surface area contributed by atoms with Gasteiger partial charge in [0.25, 0.3) is 0 Å². The van der Waals surface area contributed by atoms with Crippen molar-refractivity contribution in [2.45, 2.75) is 39.5 Å². The fraction of sp³-hybridized carbons (Fsp3) is 0.769. The van der Waals surface area contributed by atoms with Gasteiger partial charge in [-0.05, 0) is 25.2 Å². The molecule has 2 N–H and O–H groups in total. The zero-order valence-corrected chi connectivity index (χ0v) is 13.3. The monoisotopic (exact) mass is 310 g/mol. The molecule has 0 radical (unpaired) electrons. The minimum absolute atomic E-state index is 0.0531. The molecule has 1 unspecified atom stereocenters. The van der Waals surface area contributed by atoms with Crippen molar-refractivity contribution in [3.05, 3.63) is 11.6 Å². The third-order valence-corrected chi connectivity index (χ3v) is 4.97. The number of hydrogen-bond donors (Lipinski definition) is 2. The van der Waals surface area contributed by atoms with Crippen LogP contribution in [0.5, 0.6) is 0 Å². The number of aliphatic carboxylic acids is 1. The Balaban J connectivity index is 4.44. The van der Waals surface area contributed by atoms with Gasteiger partial charge >= 0.3 is 5.97 Å². The van der Waals surface area contributed by atoms with Crippen molar-refractivity contribution in [3.8, 4) is 0 Å². The van der Waals surface area contributed by atoms with Gasteiger partial charge in [-0.25, -0.2) is 4.79 Å². The van der Waals surface area contributed by atoms with Gasteiger partial charge in [-0.1, -0.05) is 26.3 Å². The lowest BCUT2D eigenvalue weighted by atomic mass is 10.1. The highest BCUT2D eigenvalue weighted by molar-refractivity contribution is 7.58. The quantitative estimate of drug-likeness (QED) is 0.279. The van der Waals surface area contributed by atoms with E-state index in [1.807, 2.05) is 13.8 Å². The molecule has 1 atom stereocenters. The van der Waals surface area contributed by atoms with Crippen LogP contribution in [0.25, 0.3) is 0 Å². The number of alkyl halides is 1. The first-order valence-corrected chi connectivity index (χ1v) is 9.14. The number of hydrogen-bond acceptors (Lipinski definition) is 2. The van der Waals surface area contributed by atoms with Gasteiger partial charge in [0.05, 0.1) is 6.16 Å². The summed E-state index contributed by atoms with van der Waals surface area (Å²) in [6, 6.07) is 0. The molecule has 0 amide bonds. The van der Waals surface area contributed by atoms with Gasteiger partial charge in [0, 0.05) is 17.6 Å². The van der Waals surface area contributed by atoms with Crippen LogP contribution in [0, 0.1) is 5.92 Å². The van der Waals surface area contributed by atoms with Gasteiger partial charge in [0.2, 0.25) is 7.37 Å². The molecule has 0 rings (SSSR count). The van der Waals surface area contributed by atoms with Crippen LogP contribution >= 0.6 is 19.0 Å². The molecule has 4 nitrogen and oxygen atoms in total. The maximum atomic E-state index is 11.9. The van der Waals surface area contributed by atoms with Crippen molar-refractivity contribution in [2.75, 3.05) is 18.2 Å². The average Bonchev–Trinajstić information content (AvgIpc) is 2.25. The fourth-order valence-corrected chi connectivity index (χ4v) is 4.07. The van der Waals surface area contributed by atoms with Crippen LogP contribution in [0.1, 0.15) is 39.5 Å². The lowest BCUT2D eigenvalue weighted by Crippen LogP contribution is -2.09. The highest BCUT2D eigenvalue weighted by atomic mass is 35.5. The molecule has 0 fully saturated rings. The lowest BCUT2D eigenvalue weighted by Gasteiger charge is -2.14. The highest BCUT2D eigenvalue weighted by Gasteiger charge is 2.24. The van der Waals surface area contributed by atoms with E-state index >= 15 is 0 Å². The van der Waals surface area contributed by atoms with Crippen LogP contribution in [0.3, 0.4) is 0 Å². The van der Waals surface area contributed by atoms with Crippen LogP contribution in [0.15, 0.2) is 11.6 Å². The van der Waals surface area contributed by atoms with Crippen molar-refractivity contribution in [1.29, 1.82) is 0 Å².